The summed E-state index contributed by atoms with van der Waals surface area (Å²) in [7, 11) is 0. The van der Waals surface area contributed by atoms with Gasteiger partial charge in [-0.25, -0.2) is 4.39 Å². The van der Waals surface area contributed by atoms with Crippen molar-refractivity contribution in [3.05, 3.63) is 30.1 Å². The number of nitrogens with one attached hydrogen (secondary N) is 1. The van der Waals surface area contributed by atoms with Crippen molar-refractivity contribution in [1.82, 2.24) is 0 Å². The van der Waals surface area contributed by atoms with Crippen LogP contribution in [-0.2, 0) is 0 Å². The van der Waals surface area contributed by atoms with E-state index in [4.69, 9.17) is 0 Å². The Morgan fingerprint density at radius 3 is 2.95 bits per heavy atom. The maximum atomic E-state index is 13.3. The smallest absolute Gasteiger partial charge is 0.125 e. The van der Waals surface area contributed by atoms with Crippen molar-refractivity contribution in [2.75, 3.05) is 5.32 Å². The topological polar surface area (TPSA) is 35.8 Å². The van der Waals surface area contributed by atoms with Gasteiger partial charge in [0.2, 0.25) is 0 Å². The first-order valence-corrected chi connectivity index (χ1v) is 7.48. The van der Waals surface area contributed by atoms with Gasteiger partial charge in [0.1, 0.15) is 11.4 Å². The summed E-state index contributed by atoms with van der Waals surface area (Å²) in [5.74, 6) is 0.978. The van der Waals surface area contributed by atoms with E-state index in [0.717, 1.165) is 25.7 Å². The Hall–Kier alpha value is -1.56. The number of hydrogen-bond donors (Lipinski definition) is 1. The van der Waals surface area contributed by atoms with Gasteiger partial charge in [-0.3, -0.25) is 0 Å². The third-order valence-electron chi connectivity index (χ3n) is 4.08. The maximum Gasteiger partial charge on any atom is 0.125 e. The van der Waals surface area contributed by atoms with Crippen molar-refractivity contribution in [3.63, 3.8) is 0 Å². The molecule has 2 nitrogen and oxygen atoms in total. The van der Waals surface area contributed by atoms with Gasteiger partial charge in [0.05, 0.1) is 6.07 Å². The Morgan fingerprint density at radius 1 is 1.50 bits per heavy atom. The second-order valence-electron chi connectivity index (χ2n) is 6.42. The summed E-state index contributed by atoms with van der Waals surface area (Å²) < 4.78 is 13.3. The summed E-state index contributed by atoms with van der Waals surface area (Å²) in [6, 6.07) is 8.85. The van der Waals surface area contributed by atoms with Crippen molar-refractivity contribution in [3.8, 4) is 6.07 Å². The fourth-order valence-corrected chi connectivity index (χ4v) is 3.34. The van der Waals surface area contributed by atoms with Gasteiger partial charge in [0.25, 0.3) is 0 Å². The molecule has 108 valence electrons. The number of hydrogen-bond acceptors (Lipinski definition) is 2. The third-order valence-corrected chi connectivity index (χ3v) is 4.08. The normalized spacial score (nSPS) is 26.2. The molecule has 0 spiro atoms. The minimum atomic E-state index is -0.536. The molecule has 0 bridgehead atoms. The molecule has 0 heterocycles. The van der Waals surface area contributed by atoms with Crippen LogP contribution in [0.25, 0.3) is 0 Å². The first kappa shape index (κ1) is 14.8. The van der Waals surface area contributed by atoms with Crippen LogP contribution < -0.4 is 5.32 Å². The van der Waals surface area contributed by atoms with Gasteiger partial charge in [-0.15, -0.1) is 0 Å². The molecule has 1 aromatic carbocycles. The number of nitriles is 1. The predicted octanol–water partition coefficient (Wildman–Crippen LogP) is 4.74. The fourth-order valence-electron chi connectivity index (χ4n) is 3.34. The molecule has 0 radical (unpaired) electrons. The van der Waals surface area contributed by atoms with Gasteiger partial charge in [-0.2, -0.15) is 5.26 Å². The zero-order valence-electron chi connectivity index (χ0n) is 12.3. The highest BCUT2D eigenvalue weighted by atomic mass is 19.1. The SMILES string of the molecule is CC(C)CC1CCCC(C#N)(Nc2cccc(F)c2)C1. The van der Waals surface area contributed by atoms with Crippen LogP contribution in [0.1, 0.15) is 46.0 Å². The average molecular weight is 274 g/mol. The highest BCUT2D eigenvalue weighted by Crippen LogP contribution is 2.37. The minimum Gasteiger partial charge on any atom is -0.367 e. The van der Waals surface area contributed by atoms with Crippen LogP contribution in [0.15, 0.2) is 24.3 Å². The van der Waals surface area contributed by atoms with E-state index in [1.165, 1.54) is 18.6 Å². The summed E-state index contributed by atoms with van der Waals surface area (Å²) >= 11 is 0. The van der Waals surface area contributed by atoms with E-state index in [-0.39, 0.29) is 5.82 Å². The summed E-state index contributed by atoms with van der Waals surface area (Å²) in [6.07, 6.45) is 5.13. The highest BCUT2D eigenvalue weighted by Gasteiger charge is 2.36. The minimum absolute atomic E-state index is 0.266. The number of benzene rings is 1. The molecule has 2 unspecified atom stereocenters. The summed E-state index contributed by atoms with van der Waals surface area (Å²) in [5.41, 5.74) is 0.169. The van der Waals surface area contributed by atoms with Crippen molar-refractivity contribution in [2.45, 2.75) is 51.5 Å². The first-order valence-electron chi connectivity index (χ1n) is 7.48. The van der Waals surface area contributed by atoms with Crippen molar-refractivity contribution < 1.29 is 4.39 Å². The Morgan fingerprint density at radius 2 is 2.30 bits per heavy atom. The van der Waals surface area contributed by atoms with Crippen LogP contribution in [0.3, 0.4) is 0 Å². The van der Waals surface area contributed by atoms with Crippen LogP contribution in [-0.4, -0.2) is 5.54 Å². The third kappa shape index (κ3) is 3.72. The molecule has 1 N–H and O–H groups in total. The molecule has 2 atom stereocenters. The van der Waals surface area contributed by atoms with Gasteiger partial charge >= 0.3 is 0 Å². The monoisotopic (exact) mass is 274 g/mol. The molecule has 2 rings (SSSR count). The summed E-state index contributed by atoms with van der Waals surface area (Å²) in [6.45, 7) is 4.45. The van der Waals surface area contributed by atoms with E-state index in [1.807, 2.05) is 6.07 Å². The van der Waals surface area contributed by atoms with Gasteiger partial charge in [0, 0.05) is 5.69 Å². The first-order chi connectivity index (χ1) is 9.53. The Balaban J connectivity index is 2.11. The molecule has 20 heavy (non-hydrogen) atoms. The molecule has 1 aromatic rings. The van der Waals surface area contributed by atoms with E-state index in [9.17, 15) is 9.65 Å². The molecular formula is C17H23FN2. The highest BCUT2D eigenvalue weighted by molar-refractivity contribution is 5.48. The van der Waals surface area contributed by atoms with Crippen molar-refractivity contribution in [2.24, 2.45) is 11.8 Å². The molecule has 0 saturated heterocycles. The lowest BCUT2D eigenvalue weighted by Crippen LogP contribution is -2.41. The van der Waals surface area contributed by atoms with Gasteiger partial charge in [-0.05, 0) is 55.7 Å². The van der Waals surface area contributed by atoms with Crippen LogP contribution >= 0.6 is 0 Å². The molecule has 0 aromatic heterocycles. The van der Waals surface area contributed by atoms with Crippen LogP contribution in [0.2, 0.25) is 0 Å². The number of anilines is 1. The molecule has 3 heteroatoms. The summed E-state index contributed by atoms with van der Waals surface area (Å²) in [5, 5.41) is 12.9. The van der Waals surface area contributed by atoms with Crippen LogP contribution in [0.4, 0.5) is 10.1 Å². The molecule has 0 aliphatic heterocycles. The van der Waals surface area contributed by atoms with E-state index in [0.29, 0.717) is 17.5 Å². The van der Waals surface area contributed by atoms with Crippen LogP contribution in [0.5, 0.6) is 0 Å². The van der Waals surface area contributed by atoms with Gasteiger partial charge in [0.15, 0.2) is 0 Å². The molecule has 1 fully saturated rings. The second kappa shape index (κ2) is 6.26. The van der Waals surface area contributed by atoms with E-state index < -0.39 is 5.54 Å². The average Bonchev–Trinajstić information content (AvgIpc) is 2.38. The summed E-state index contributed by atoms with van der Waals surface area (Å²) in [4.78, 5) is 0. The van der Waals surface area contributed by atoms with Gasteiger partial charge in [-0.1, -0.05) is 26.3 Å². The zero-order chi connectivity index (χ0) is 14.6. The molecular weight excluding hydrogens is 251 g/mol. The van der Waals surface area contributed by atoms with E-state index in [2.05, 4.69) is 25.2 Å². The number of halogens is 1. The van der Waals surface area contributed by atoms with Crippen LogP contribution in [0, 0.1) is 29.0 Å². The predicted molar refractivity (Wildman–Crippen MR) is 79.8 cm³/mol. The van der Waals surface area contributed by atoms with E-state index >= 15 is 0 Å². The lowest BCUT2D eigenvalue weighted by molar-refractivity contribution is 0.254. The molecule has 1 saturated carbocycles. The second-order valence-corrected chi connectivity index (χ2v) is 6.42. The Kier molecular flexibility index (Phi) is 4.65. The van der Waals surface area contributed by atoms with Crippen molar-refractivity contribution in [1.29, 1.82) is 5.26 Å². The van der Waals surface area contributed by atoms with Gasteiger partial charge < -0.3 is 5.32 Å². The van der Waals surface area contributed by atoms with E-state index in [1.54, 1.807) is 6.07 Å². The fraction of sp³-hybridized carbons (Fsp3) is 0.588. The standard InChI is InChI=1S/C17H23FN2/c1-13(2)9-14-5-4-8-17(11-14,12-19)20-16-7-3-6-15(18)10-16/h3,6-7,10,13-14,20H,4-5,8-9,11H2,1-2H3. The lowest BCUT2D eigenvalue weighted by atomic mass is 9.73. The molecule has 1 aliphatic carbocycles. The Labute approximate surface area is 121 Å². The number of nitrogens with zero attached hydrogens (tertiary/aromatic N) is 1. The molecule has 0 amide bonds. The molecule has 1 aliphatic rings. The number of rotatable bonds is 4. The largest absolute Gasteiger partial charge is 0.367 e. The van der Waals surface area contributed by atoms with Crippen molar-refractivity contribution >= 4 is 5.69 Å². The zero-order valence-corrected chi connectivity index (χ0v) is 12.3. The lowest BCUT2D eigenvalue weighted by Gasteiger charge is -2.37. The maximum absolute atomic E-state index is 13.3. The quantitative estimate of drug-likeness (QED) is 0.861. The Bertz CT molecular complexity index is 492.